The van der Waals surface area contributed by atoms with Gasteiger partial charge in [-0.15, -0.1) is 0 Å². The molecule has 0 radical (unpaired) electrons. The van der Waals surface area contributed by atoms with Gasteiger partial charge in [0.1, 0.15) is 0 Å². The molecule has 0 saturated carbocycles. The van der Waals surface area contributed by atoms with Gasteiger partial charge in [-0.25, -0.2) is 0 Å². The number of hydrogen-bond donors (Lipinski definition) is 1. The molecule has 4 nitrogen and oxygen atoms in total. The zero-order chi connectivity index (χ0) is 15.4. The summed E-state index contributed by atoms with van der Waals surface area (Å²) < 4.78 is 5.55. The molecule has 2 heterocycles. The first-order valence-corrected chi connectivity index (χ1v) is 8.40. The third-order valence-electron chi connectivity index (χ3n) is 4.76. The van der Waals surface area contributed by atoms with Crippen molar-refractivity contribution in [2.75, 3.05) is 33.3 Å². The number of carbonyl (C=O) groups excluding carboxylic acids is 1. The van der Waals surface area contributed by atoms with E-state index in [1.807, 2.05) is 12.1 Å². The number of nitrogens with one attached hydrogen (secondary N) is 1. The maximum atomic E-state index is 12.3. The van der Waals surface area contributed by atoms with Gasteiger partial charge in [-0.3, -0.25) is 4.79 Å². The van der Waals surface area contributed by atoms with Crippen LogP contribution in [0.4, 0.5) is 0 Å². The van der Waals surface area contributed by atoms with Crippen LogP contribution in [0.25, 0.3) is 0 Å². The number of rotatable bonds is 4. The van der Waals surface area contributed by atoms with Crippen LogP contribution in [0.1, 0.15) is 47.5 Å². The van der Waals surface area contributed by atoms with Crippen LogP contribution in [0.3, 0.4) is 0 Å². The SMILES string of the molecule is CN1CCC[C@@H](c2cccc(C(=O)NC[C@H]3CCCO3)c2)C1. The molecule has 22 heavy (non-hydrogen) atoms. The zero-order valence-corrected chi connectivity index (χ0v) is 13.4. The number of likely N-dealkylation sites (N-methyl/N-ethyl adjacent to an activating group) is 1. The van der Waals surface area contributed by atoms with E-state index in [2.05, 4.69) is 29.4 Å². The minimum absolute atomic E-state index is 0.0153. The van der Waals surface area contributed by atoms with Crippen molar-refractivity contribution in [3.63, 3.8) is 0 Å². The van der Waals surface area contributed by atoms with Crippen LogP contribution in [0.15, 0.2) is 24.3 Å². The van der Waals surface area contributed by atoms with Gasteiger partial charge in [0.05, 0.1) is 6.10 Å². The van der Waals surface area contributed by atoms with Crippen LogP contribution in [-0.2, 0) is 4.74 Å². The van der Waals surface area contributed by atoms with Gasteiger partial charge in [-0.05, 0) is 62.9 Å². The molecule has 0 bridgehead atoms. The van der Waals surface area contributed by atoms with Crippen LogP contribution in [-0.4, -0.2) is 50.2 Å². The number of hydrogen-bond acceptors (Lipinski definition) is 3. The summed E-state index contributed by atoms with van der Waals surface area (Å²) in [5.41, 5.74) is 2.06. The lowest BCUT2D eigenvalue weighted by atomic mass is 9.90. The Balaban J connectivity index is 1.61. The number of benzene rings is 1. The summed E-state index contributed by atoms with van der Waals surface area (Å²) in [7, 11) is 2.17. The Labute approximate surface area is 132 Å². The fourth-order valence-electron chi connectivity index (χ4n) is 3.49. The van der Waals surface area contributed by atoms with E-state index in [1.54, 1.807) is 0 Å². The number of likely N-dealkylation sites (tertiary alicyclic amines) is 1. The maximum absolute atomic E-state index is 12.3. The van der Waals surface area contributed by atoms with Crippen molar-refractivity contribution in [1.82, 2.24) is 10.2 Å². The monoisotopic (exact) mass is 302 g/mol. The Hall–Kier alpha value is -1.39. The Bertz CT molecular complexity index is 512. The van der Waals surface area contributed by atoms with Gasteiger partial charge in [0.25, 0.3) is 5.91 Å². The van der Waals surface area contributed by atoms with E-state index in [0.29, 0.717) is 12.5 Å². The molecule has 2 aliphatic rings. The van der Waals surface area contributed by atoms with Gasteiger partial charge in [0.2, 0.25) is 0 Å². The number of piperidine rings is 1. The lowest BCUT2D eigenvalue weighted by molar-refractivity contribution is 0.0857. The Kier molecular flexibility index (Phi) is 5.11. The Morgan fingerprint density at radius 3 is 3.05 bits per heavy atom. The van der Waals surface area contributed by atoms with Gasteiger partial charge in [0.15, 0.2) is 0 Å². The van der Waals surface area contributed by atoms with E-state index in [4.69, 9.17) is 4.74 Å². The van der Waals surface area contributed by atoms with Crippen molar-refractivity contribution in [2.24, 2.45) is 0 Å². The predicted molar refractivity (Wildman–Crippen MR) is 87.2 cm³/mol. The third-order valence-corrected chi connectivity index (χ3v) is 4.76. The molecule has 1 amide bonds. The lowest BCUT2D eigenvalue weighted by Crippen LogP contribution is -2.32. The maximum Gasteiger partial charge on any atom is 0.251 e. The molecule has 0 aliphatic carbocycles. The van der Waals surface area contributed by atoms with E-state index in [1.165, 1.54) is 24.9 Å². The fraction of sp³-hybridized carbons (Fsp3) is 0.611. The van der Waals surface area contributed by atoms with Crippen molar-refractivity contribution in [3.8, 4) is 0 Å². The Morgan fingerprint density at radius 2 is 2.27 bits per heavy atom. The van der Waals surface area contributed by atoms with Crippen molar-refractivity contribution in [3.05, 3.63) is 35.4 Å². The van der Waals surface area contributed by atoms with Crippen molar-refractivity contribution < 1.29 is 9.53 Å². The highest BCUT2D eigenvalue weighted by molar-refractivity contribution is 5.94. The molecule has 120 valence electrons. The molecule has 2 atom stereocenters. The normalized spacial score (nSPS) is 26.0. The molecule has 0 unspecified atom stereocenters. The summed E-state index contributed by atoms with van der Waals surface area (Å²) in [5, 5.41) is 3.01. The van der Waals surface area contributed by atoms with Gasteiger partial charge >= 0.3 is 0 Å². The van der Waals surface area contributed by atoms with Crippen LogP contribution in [0.5, 0.6) is 0 Å². The first kappa shape index (κ1) is 15.5. The number of amides is 1. The second-order valence-electron chi connectivity index (χ2n) is 6.57. The van der Waals surface area contributed by atoms with Crippen LogP contribution in [0.2, 0.25) is 0 Å². The van der Waals surface area contributed by atoms with E-state index >= 15 is 0 Å². The summed E-state index contributed by atoms with van der Waals surface area (Å²) in [6, 6.07) is 8.13. The highest BCUT2D eigenvalue weighted by Gasteiger charge is 2.20. The zero-order valence-electron chi connectivity index (χ0n) is 13.4. The van der Waals surface area contributed by atoms with Gasteiger partial charge in [-0.1, -0.05) is 12.1 Å². The van der Waals surface area contributed by atoms with Crippen LogP contribution >= 0.6 is 0 Å². The molecule has 0 aromatic heterocycles. The summed E-state index contributed by atoms with van der Waals surface area (Å²) in [6.07, 6.45) is 4.79. The highest BCUT2D eigenvalue weighted by atomic mass is 16.5. The molecule has 1 N–H and O–H groups in total. The van der Waals surface area contributed by atoms with E-state index < -0.39 is 0 Å². The first-order valence-electron chi connectivity index (χ1n) is 8.40. The molecule has 0 spiro atoms. The molecule has 1 aromatic rings. The second kappa shape index (κ2) is 7.25. The number of ether oxygens (including phenoxy) is 1. The largest absolute Gasteiger partial charge is 0.376 e. The molecular weight excluding hydrogens is 276 g/mol. The molecule has 2 fully saturated rings. The van der Waals surface area contributed by atoms with Crippen molar-refractivity contribution in [1.29, 1.82) is 0 Å². The number of nitrogens with zero attached hydrogens (tertiary/aromatic N) is 1. The predicted octanol–water partition coefficient (Wildman–Crippen LogP) is 2.40. The minimum Gasteiger partial charge on any atom is -0.376 e. The topological polar surface area (TPSA) is 41.6 Å². The quantitative estimate of drug-likeness (QED) is 0.928. The van der Waals surface area contributed by atoms with Crippen molar-refractivity contribution in [2.45, 2.75) is 37.7 Å². The van der Waals surface area contributed by atoms with E-state index in [0.717, 1.165) is 31.6 Å². The van der Waals surface area contributed by atoms with Gasteiger partial charge < -0.3 is 15.0 Å². The van der Waals surface area contributed by atoms with E-state index in [-0.39, 0.29) is 12.0 Å². The standard InChI is InChI=1S/C18H26N2O2/c1-20-9-3-7-16(13-20)14-5-2-6-15(11-14)18(21)19-12-17-8-4-10-22-17/h2,5-6,11,16-17H,3-4,7-10,12-13H2,1H3,(H,19,21)/t16-,17-/m1/s1. The molecule has 3 rings (SSSR count). The molecule has 4 heteroatoms. The summed E-state index contributed by atoms with van der Waals surface area (Å²) in [4.78, 5) is 14.7. The average molecular weight is 302 g/mol. The summed E-state index contributed by atoms with van der Waals surface area (Å²) >= 11 is 0. The van der Waals surface area contributed by atoms with Crippen LogP contribution < -0.4 is 5.32 Å². The van der Waals surface area contributed by atoms with E-state index in [9.17, 15) is 4.79 Å². The molecular formula is C18H26N2O2. The first-order chi connectivity index (χ1) is 10.7. The smallest absolute Gasteiger partial charge is 0.251 e. The van der Waals surface area contributed by atoms with Crippen molar-refractivity contribution >= 4 is 5.91 Å². The molecule has 2 saturated heterocycles. The van der Waals surface area contributed by atoms with Gasteiger partial charge in [0, 0.05) is 25.3 Å². The third kappa shape index (κ3) is 3.87. The summed E-state index contributed by atoms with van der Waals surface area (Å²) in [5.74, 6) is 0.561. The average Bonchev–Trinajstić information content (AvgIpc) is 3.06. The summed E-state index contributed by atoms with van der Waals surface area (Å²) in [6.45, 7) is 3.71. The highest BCUT2D eigenvalue weighted by Crippen LogP contribution is 2.26. The Morgan fingerprint density at radius 1 is 1.36 bits per heavy atom. The fourth-order valence-corrected chi connectivity index (χ4v) is 3.49. The molecule has 2 aliphatic heterocycles. The lowest BCUT2D eigenvalue weighted by Gasteiger charge is -2.30. The minimum atomic E-state index is 0.0153. The van der Waals surface area contributed by atoms with Crippen LogP contribution in [0, 0.1) is 0 Å². The molecule has 1 aromatic carbocycles. The van der Waals surface area contributed by atoms with Gasteiger partial charge in [-0.2, -0.15) is 0 Å². The number of carbonyl (C=O) groups is 1. The second-order valence-corrected chi connectivity index (χ2v) is 6.57.